The maximum absolute atomic E-state index is 2.47. The van der Waals surface area contributed by atoms with Crippen molar-refractivity contribution in [3.05, 3.63) is 59.7 Å². The van der Waals surface area contributed by atoms with E-state index in [0.29, 0.717) is 10.8 Å². The van der Waals surface area contributed by atoms with E-state index >= 15 is 0 Å². The summed E-state index contributed by atoms with van der Waals surface area (Å²) in [5, 5.41) is 0. The van der Waals surface area contributed by atoms with E-state index in [0.717, 1.165) is 0 Å². The van der Waals surface area contributed by atoms with Gasteiger partial charge in [0.2, 0.25) is 0 Å². The summed E-state index contributed by atoms with van der Waals surface area (Å²) in [6.45, 7) is 4.92. The summed E-state index contributed by atoms with van der Waals surface area (Å²) in [4.78, 5) is 0. The Hall–Kier alpha value is -1.56. The first kappa shape index (κ1) is 14.8. The molecular formula is C24H28. The largest absolute Gasteiger partial charge is 0.0648 e. The quantitative estimate of drug-likeness (QED) is 0.576. The zero-order valence-corrected chi connectivity index (χ0v) is 15.1. The van der Waals surface area contributed by atoms with Gasteiger partial charge in [-0.15, -0.1) is 0 Å². The molecule has 5 rings (SSSR count). The standard InChI is InChI=1S/C24H28/c1-3-22-14-9-15-23(4-2,17-16-22)24(22)20-12-7-5-10-18(20)19-11-6-8-13-21(19)24/h5-8,10-13H,3-4,9,14-17H2,1-2H3. The highest BCUT2D eigenvalue weighted by Crippen LogP contribution is 2.77. The number of rotatable bonds is 2. The highest BCUT2D eigenvalue weighted by molar-refractivity contribution is 5.82. The third kappa shape index (κ3) is 1.36. The lowest BCUT2D eigenvalue weighted by atomic mass is 9.45. The van der Waals surface area contributed by atoms with Gasteiger partial charge in [0.1, 0.15) is 0 Å². The van der Waals surface area contributed by atoms with E-state index in [-0.39, 0.29) is 5.41 Å². The van der Waals surface area contributed by atoms with Gasteiger partial charge in [0.25, 0.3) is 0 Å². The monoisotopic (exact) mass is 316 g/mol. The van der Waals surface area contributed by atoms with Crippen LogP contribution in [0.2, 0.25) is 0 Å². The van der Waals surface area contributed by atoms with Crippen molar-refractivity contribution in [2.75, 3.05) is 0 Å². The summed E-state index contributed by atoms with van der Waals surface area (Å²) >= 11 is 0. The molecule has 2 aromatic rings. The molecule has 3 aliphatic carbocycles. The van der Waals surface area contributed by atoms with Gasteiger partial charge in [0, 0.05) is 5.41 Å². The highest BCUT2D eigenvalue weighted by atomic mass is 14.7. The molecule has 2 unspecified atom stereocenters. The fourth-order valence-corrected chi connectivity index (χ4v) is 7.42. The lowest BCUT2D eigenvalue weighted by Crippen LogP contribution is -2.53. The minimum absolute atomic E-state index is 0.259. The van der Waals surface area contributed by atoms with Crippen LogP contribution in [-0.4, -0.2) is 0 Å². The van der Waals surface area contributed by atoms with E-state index in [1.54, 1.807) is 11.1 Å². The Morgan fingerprint density at radius 3 is 1.58 bits per heavy atom. The molecule has 0 radical (unpaired) electrons. The normalized spacial score (nSPS) is 31.9. The molecule has 0 N–H and O–H groups in total. The molecule has 0 heterocycles. The van der Waals surface area contributed by atoms with Crippen molar-refractivity contribution in [1.29, 1.82) is 0 Å². The van der Waals surface area contributed by atoms with E-state index in [2.05, 4.69) is 62.4 Å². The maximum Gasteiger partial charge on any atom is 0.0327 e. The van der Waals surface area contributed by atoms with E-state index in [1.807, 2.05) is 0 Å². The third-order valence-corrected chi connectivity index (χ3v) is 8.29. The topological polar surface area (TPSA) is 0 Å². The van der Waals surface area contributed by atoms with Crippen LogP contribution in [0.3, 0.4) is 0 Å². The summed E-state index contributed by atoms with van der Waals surface area (Å²) in [5.74, 6) is 0. The van der Waals surface area contributed by atoms with Crippen molar-refractivity contribution in [2.45, 2.75) is 64.2 Å². The first-order valence-electron chi connectivity index (χ1n) is 9.94. The van der Waals surface area contributed by atoms with E-state index < -0.39 is 0 Å². The van der Waals surface area contributed by atoms with E-state index in [9.17, 15) is 0 Å². The third-order valence-electron chi connectivity index (χ3n) is 8.29. The molecular weight excluding hydrogens is 288 g/mol. The fraction of sp³-hybridized carbons (Fsp3) is 0.500. The molecule has 2 atom stereocenters. The van der Waals surface area contributed by atoms with Gasteiger partial charge in [0.05, 0.1) is 0 Å². The predicted octanol–water partition coefficient (Wildman–Crippen LogP) is 6.72. The Kier molecular flexibility index (Phi) is 2.92. The predicted molar refractivity (Wildman–Crippen MR) is 101 cm³/mol. The molecule has 0 heteroatoms. The molecule has 124 valence electrons. The van der Waals surface area contributed by atoms with Gasteiger partial charge < -0.3 is 0 Å². The Bertz CT molecular complexity index is 734. The smallest absolute Gasteiger partial charge is 0.0327 e. The number of fused-ring (bicyclic) bond motifs is 3. The molecule has 2 aromatic carbocycles. The van der Waals surface area contributed by atoms with Gasteiger partial charge in [-0.3, -0.25) is 0 Å². The molecule has 0 nitrogen and oxygen atoms in total. The van der Waals surface area contributed by atoms with Gasteiger partial charge in [-0.25, -0.2) is 0 Å². The molecule has 0 saturated heterocycles. The van der Waals surface area contributed by atoms with E-state index in [1.165, 1.54) is 56.1 Å². The molecule has 0 aromatic heterocycles. The zero-order chi connectivity index (χ0) is 16.4. The fourth-order valence-electron chi connectivity index (χ4n) is 7.42. The van der Waals surface area contributed by atoms with Crippen LogP contribution < -0.4 is 0 Å². The molecule has 3 aliphatic rings. The summed E-state index contributed by atoms with van der Waals surface area (Å²) in [7, 11) is 0. The van der Waals surface area contributed by atoms with Gasteiger partial charge in [-0.2, -0.15) is 0 Å². The first-order valence-corrected chi connectivity index (χ1v) is 9.94. The van der Waals surface area contributed by atoms with Crippen LogP contribution in [0.5, 0.6) is 0 Å². The Morgan fingerprint density at radius 1 is 0.667 bits per heavy atom. The Balaban J connectivity index is 1.95. The molecule has 2 fully saturated rings. The zero-order valence-electron chi connectivity index (χ0n) is 15.1. The number of hydrogen-bond acceptors (Lipinski definition) is 0. The maximum atomic E-state index is 2.47. The number of hydrogen-bond donors (Lipinski definition) is 0. The molecule has 0 amide bonds. The summed E-state index contributed by atoms with van der Waals surface area (Å²) in [5.41, 5.74) is 7.54. The average molecular weight is 316 g/mol. The lowest BCUT2D eigenvalue weighted by molar-refractivity contribution is 0.0239. The average Bonchev–Trinajstić information content (AvgIpc) is 3.01. The van der Waals surface area contributed by atoms with Crippen LogP contribution in [0.4, 0.5) is 0 Å². The van der Waals surface area contributed by atoms with Crippen LogP contribution in [0.25, 0.3) is 11.1 Å². The molecule has 2 saturated carbocycles. The second kappa shape index (κ2) is 4.75. The first-order chi connectivity index (χ1) is 11.7. The van der Waals surface area contributed by atoms with Crippen LogP contribution in [-0.2, 0) is 5.41 Å². The van der Waals surface area contributed by atoms with E-state index in [4.69, 9.17) is 0 Å². The van der Waals surface area contributed by atoms with Crippen molar-refractivity contribution >= 4 is 0 Å². The lowest BCUT2D eigenvalue weighted by Gasteiger charge is -2.57. The van der Waals surface area contributed by atoms with Crippen LogP contribution >= 0.6 is 0 Å². The summed E-state index contributed by atoms with van der Waals surface area (Å²) in [6.07, 6.45) is 9.71. The minimum Gasteiger partial charge on any atom is -0.0648 e. The second-order valence-corrected chi connectivity index (χ2v) is 8.46. The summed E-state index contributed by atoms with van der Waals surface area (Å²) < 4.78 is 0. The van der Waals surface area contributed by atoms with Crippen molar-refractivity contribution in [3.8, 4) is 11.1 Å². The SMILES string of the molecule is CCC12CCCC(CC)(CC1)C21c2ccccc2-c2ccccc21. The van der Waals surface area contributed by atoms with Crippen molar-refractivity contribution in [2.24, 2.45) is 10.8 Å². The Morgan fingerprint density at radius 2 is 1.12 bits per heavy atom. The Labute approximate surface area is 146 Å². The molecule has 2 bridgehead atoms. The van der Waals surface area contributed by atoms with Crippen molar-refractivity contribution in [3.63, 3.8) is 0 Å². The van der Waals surface area contributed by atoms with Crippen LogP contribution in [0.15, 0.2) is 48.5 Å². The van der Waals surface area contributed by atoms with Gasteiger partial charge in [-0.1, -0.05) is 68.8 Å². The minimum atomic E-state index is 0.259. The van der Waals surface area contributed by atoms with Crippen LogP contribution in [0, 0.1) is 10.8 Å². The van der Waals surface area contributed by atoms with Crippen molar-refractivity contribution < 1.29 is 0 Å². The molecule has 24 heavy (non-hydrogen) atoms. The second-order valence-electron chi connectivity index (χ2n) is 8.46. The van der Waals surface area contributed by atoms with Crippen molar-refractivity contribution in [1.82, 2.24) is 0 Å². The van der Waals surface area contributed by atoms with Gasteiger partial charge in [-0.05, 0) is 71.6 Å². The van der Waals surface area contributed by atoms with Gasteiger partial charge >= 0.3 is 0 Å². The summed E-state index contributed by atoms with van der Waals surface area (Å²) in [6, 6.07) is 18.7. The molecule has 0 aliphatic heterocycles. The number of benzene rings is 2. The molecule has 1 spiro atoms. The highest BCUT2D eigenvalue weighted by Gasteiger charge is 2.70. The van der Waals surface area contributed by atoms with Gasteiger partial charge in [0.15, 0.2) is 0 Å². The van der Waals surface area contributed by atoms with Crippen LogP contribution in [0.1, 0.15) is 69.9 Å².